The lowest BCUT2D eigenvalue weighted by Gasteiger charge is -1.84. The van der Waals surface area contributed by atoms with E-state index in [1.165, 1.54) is 0 Å². The van der Waals surface area contributed by atoms with Crippen LogP contribution < -0.4 is 4.57 Å². The number of nitrogens with zero attached hydrogens (tertiary/aromatic N) is 1. The zero-order valence-electron chi connectivity index (χ0n) is 4.96. The van der Waals surface area contributed by atoms with Gasteiger partial charge in [0.25, 0.3) is 0 Å². The summed E-state index contributed by atoms with van der Waals surface area (Å²) in [5, 5.41) is 0. The molecule has 0 spiro atoms. The molecule has 0 fully saturated rings. The number of aryl methyl sites for hydroxylation is 1. The van der Waals surface area contributed by atoms with Crippen LogP contribution in [-0.2, 0) is 7.05 Å². The van der Waals surface area contributed by atoms with Crippen molar-refractivity contribution in [2.45, 2.75) is 0 Å². The highest BCUT2D eigenvalue weighted by Crippen LogP contribution is 1.87. The predicted molar refractivity (Wildman–Crippen MR) is 32.1 cm³/mol. The van der Waals surface area contributed by atoms with E-state index < -0.39 is 0 Å². The Balaban J connectivity index is 3.03. The molecule has 1 heteroatoms. The van der Waals surface area contributed by atoms with Gasteiger partial charge in [-0.3, -0.25) is 0 Å². The monoisotopic (exact) mass is 107 g/mol. The van der Waals surface area contributed by atoms with Crippen molar-refractivity contribution in [2.75, 3.05) is 0 Å². The molecule has 0 atom stereocenters. The summed E-state index contributed by atoms with van der Waals surface area (Å²) < 4.78 is 1.98. The van der Waals surface area contributed by atoms with E-state index in [4.69, 9.17) is 0 Å². The van der Waals surface area contributed by atoms with Gasteiger partial charge in [0.1, 0.15) is 7.05 Å². The first-order valence-electron chi connectivity index (χ1n) is 2.56. The van der Waals surface area contributed by atoms with Crippen LogP contribution in [0.3, 0.4) is 0 Å². The molecular weight excluding hydrogens is 98.1 g/mol. The molecule has 0 aromatic carbocycles. The molecule has 0 aliphatic heterocycles. The summed E-state index contributed by atoms with van der Waals surface area (Å²) in [6.45, 7) is 3.75. The molecule has 1 aromatic rings. The van der Waals surface area contributed by atoms with E-state index in [9.17, 15) is 0 Å². The Bertz CT molecular complexity index is 143. The van der Waals surface area contributed by atoms with E-state index in [0.29, 0.717) is 0 Å². The van der Waals surface area contributed by atoms with Gasteiger partial charge in [0.05, 0.1) is 0 Å². The predicted octanol–water partition coefficient (Wildman–Crippen LogP) is 0.693. The highest BCUT2D eigenvalue weighted by Gasteiger charge is 1.85. The first kappa shape index (κ1) is 5.29. The molecule has 1 heterocycles. The van der Waals surface area contributed by atoms with Gasteiger partial charge < -0.3 is 0 Å². The minimum absolute atomic E-state index is 1.06. The van der Waals surface area contributed by atoms with Crippen LogP contribution in [0.5, 0.6) is 0 Å². The number of aromatic nitrogens is 1. The van der Waals surface area contributed by atoms with Crippen molar-refractivity contribution in [3.05, 3.63) is 37.0 Å². The molecular formula is C7H9N+. The second kappa shape index (κ2) is 1.95. The normalized spacial score (nSPS) is 9.25. The third-order valence-electron chi connectivity index (χ3n) is 1.05. The van der Waals surface area contributed by atoms with Crippen LogP contribution >= 0.6 is 0 Å². The van der Waals surface area contributed by atoms with Crippen molar-refractivity contribution >= 4 is 0 Å². The molecule has 0 saturated heterocycles. The summed E-state index contributed by atoms with van der Waals surface area (Å²) in [5.74, 6) is 0. The molecule has 8 heavy (non-hydrogen) atoms. The van der Waals surface area contributed by atoms with Gasteiger partial charge in [0, 0.05) is 12.1 Å². The van der Waals surface area contributed by atoms with Crippen molar-refractivity contribution in [3.63, 3.8) is 0 Å². The zero-order chi connectivity index (χ0) is 5.98. The van der Waals surface area contributed by atoms with Crippen LogP contribution in [0, 0.1) is 6.92 Å². The van der Waals surface area contributed by atoms with Gasteiger partial charge in [-0.05, 0) is 12.5 Å². The van der Waals surface area contributed by atoms with E-state index in [1.54, 1.807) is 0 Å². The Morgan fingerprint density at radius 3 is 2.25 bits per heavy atom. The fraction of sp³-hybridized carbons (Fsp3) is 0.143. The van der Waals surface area contributed by atoms with Crippen molar-refractivity contribution in [2.24, 2.45) is 7.05 Å². The van der Waals surface area contributed by atoms with E-state index in [1.807, 2.05) is 36.1 Å². The van der Waals surface area contributed by atoms with Gasteiger partial charge >= 0.3 is 0 Å². The molecule has 1 rings (SSSR count). The Kier molecular flexibility index (Phi) is 1.29. The van der Waals surface area contributed by atoms with Crippen LogP contribution in [0.25, 0.3) is 0 Å². The van der Waals surface area contributed by atoms with E-state index >= 15 is 0 Å². The molecule has 0 aliphatic rings. The van der Waals surface area contributed by atoms with E-state index in [2.05, 4.69) is 6.92 Å². The van der Waals surface area contributed by atoms with Crippen molar-refractivity contribution in [1.82, 2.24) is 0 Å². The summed E-state index contributed by atoms with van der Waals surface area (Å²) in [7, 11) is 1.99. The highest BCUT2D eigenvalue weighted by molar-refractivity contribution is 5.09. The SMILES string of the molecule is [CH2]c1cc[n+](C)cc1. The Morgan fingerprint density at radius 2 is 1.88 bits per heavy atom. The van der Waals surface area contributed by atoms with Gasteiger partial charge in [0.15, 0.2) is 12.4 Å². The number of rotatable bonds is 0. The lowest BCUT2D eigenvalue weighted by Crippen LogP contribution is -2.25. The van der Waals surface area contributed by atoms with Gasteiger partial charge in [-0.1, -0.05) is 0 Å². The highest BCUT2D eigenvalue weighted by atomic mass is 14.9. The first-order chi connectivity index (χ1) is 3.79. The third-order valence-corrected chi connectivity index (χ3v) is 1.05. The van der Waals surface area contributed by atoms with Crippen molar-refractivity contribution in [3.8, 4) is 0 Å². The van der Waals surface area contributed by atoms with Crippen molar-refractivity contribution in [1.29, 1.82) is 0 Å². The van der Waals surface area contributed by atoms with Gasteiger partial charge in [-0.15, -0.1) is 0 Å². The minimum atomic E-state index is 1.06. The molecule has 1 radical (unpaired) electrons. The summed E-state index contributed by atoms with van der Waals surface area (Å²) >= 11 is 0. The molecule has 41 valence electrons. The number of pyridine rings is 1. The molecule has 1 nitrogen and oxygen atoms in total. The quantitative estimate of drug-likeness (QED) is 0.429. The number of hydrogen-bond acceptors (Lipinski definition) is 0. The molecule has 0 bridgehead atoms. The van der Waals surface area contributed by atoms with Crippen LogP contribution in [0.1, 0.15) is 5.56 Å². The molecule has 0 amide bonds. The zero-order valence-corrected chi connectivity index (χ0v) is 4.96. The van der Waals surface area contributed by atoms with Gasteiger partial charge in [0.2, 0.25) is 0 Å². The number of hydrogen-bond donors (Lipinski definition) is 0. The third kappa shape index (κ3) is 1.06. The fourth-order valence-corrected chi connectivity index (χ4v) is 0.532. The standard InChI is InChI=1S/C7H9N/c1-7-3-5-8(2)6-4-7/h3-6H,1H2,2H3/q+1. The Labute approximate surface area is 49.6 Å². The van der Waals surface area contributed by atoms with Crippen LogP contribution in [-0.4, -0.2) is 0 Å². The first-order valence-corrected chi connectivity index (χ1v) is 2.56. The van der Waals surface area contributed by atoms with Gasteiger partial charge in [-0.25, -0.2) is 4.57 Å². The average molecular weight is 107 g/mol. The summed E-state index contributed by atoms with van der Waals surface area (Å²) in [4.78, 5) is 0. The maximum atomic E-state index is 3.75. The smallest absolute Gasteiger partial charge is 0.168 e. The Morgan fingerprint density at radius 1 is 1.38 bits per heavy atom. The van der Waals surface area contributed by atoms with Crippen LogP contribution in [0.4, 0.5) is 0 Å². The maximum absolute atomic E-state index is 3.75. The minimum Gasteiger partial charge on any atom is -0.208 e. The lowest BCUT2D eigenvalue weighted by atomic mass is 10.3. The topological polar surface area (TPSA) is 3.88 Å². The summed E-state index contributed by atoms with van der Waals surface area (Å²) in [6, 6.07) is 3.94. The van der Waals surface area contributed by atoms with Crippen molar-refractivity contribution < 1.29 is 4.57 Å². The lowest BCUT2D eigenvalue weighted by molar-refractivity contribution is -0.671. The maximum Gasteiger partial charge on any atom is 0.168 e. The average Bonchev–Trinajstić information content (AvgIpc) is 1.77. The largest absolute Gasteiger partial charge is 0.208 e. The van der Waals surface area contributed by atoms with Crippen LogP contribution in [0.15, 0.2) is 24.5 Å². The molecule has 1 aromatic heterocycles. The summed E-state index contributed by atoms with van der Waals surface area (Å²) in [5.41, 5.74) is 1.06. The van der Waals surface area contributed by atoms with E-state index in [0.717, 1.165) is 5.56 Å². The molecule has 0 unspecified atom stereocenters. The molecule has 0 saturated carbocycles. The second-order valence-electron chi connectivity index (χ2n) is 1.87. The van der Waals surface area contributed by atoms with Crippen LogP contribution in [0.2, 0.25) is 0 Å². The Hall–Kier alpha value is -0.850. The van der Waals surface area contributed by atoms with Gasteiger partial charge in [-0.2, -0.15) is 0 Å². The second-order valence-corrected chi connectivity index (χ2v) is 1.87. The fourth-order valence-electron chi connectivity index (χ4n) is 0.532. The molecule has 0 N–H and O–H groups in total. The molecule has 0 aliphatic carbocycles. The summed E-state index contributed by atoms with van der Waals surface area (Å²) in [6.07, 6.45) is 3.95. The van der Waals surface area contributed by atoms with E-state index in [-0.39, 0.29) is 0 Å².